The first-order chi connectivity index (χ1) is 38.4. The van der Waals surface area contributed by atoms with E-state index in [0.717, 1.165) is 25.8 Å². The van der Waals surface area contributed by atoms with E-state index >= 15 is 0 Å². The summed E-state index contributed by atoms with van der Waals surface area (Å²) in [6, 6.07) is 34.3. The van der Waals surface area contributed by atoms with Crippen LogP contribution in [0, 0.1) is 41.5 Å². The highest BCUT2D eigenvalue weighted by Gasteiger charge is 2.38. The SMILES string of the molecule is Cc1ccc(S(=O)(=O)N2CCN(S(=O)(=O)c3ccc(C)cc3)CC(O)CN(S(=O)(=O)c3ccc(C)cc3)CCN(S(=O)(=O)c3ccc(C)cc3)CCN(S(=O)(=O)c3ccc(C)cc3)CC(O)CN(S(=O)(=O)c3ccc(C)cc3)CC2)cc1. The Morgan fingerprint density at radius 1 is 0.244 bits per heavy atom. The number of aliphatic hydroxyl groups excluding tert-OH is 2. The molecule has 0 amide bonds. The van der Waals surface area contributed by atoms with Gasteiger partial charge in [0.2, 0.25) is 60.1 Å². The van der Waals surface area contributed by atoms with E-state index in [1.165, 1.54) is 121 Å². The molecule has 0 unspecified atom stereocenters. The number of hydrogen-bond donors (Lipinski definition) is 2. The molecular formula is C56H70N6O14S6. The van der Waals surface area contributed by atoms with Crippen molar-refractivity contribution in [2.75, 3.05) is 78.5 Å². The third-order valence-corrected chi connectivity index (χ3v) is 25.3. The largest absolute Gasteiger partial charge is 0.390 e. The Morgan fingerprint density at radius 3 is 0.512 bits per heavy atom. The second kappa shape index (κ2) is 26.3. The van der Waals surface area contributed by atoms with Gasteiger partial charge in [-0.05, 0) is 114 Å². The van der Waals surface area contributed by atoms with Crippen molar-refractivity contribution >= 4 is 60.1 Å². The fraction of sp³-hybridized carbons (Fsp3) is 0.357. The average Bonchev–Trinajstić information content (AvgIpc) is 3.41. The fourth-order valence-corrected chi connectivity index (χ4v) is 17.8. The molecule has 0 saturated carbocycles. The molecule has 1 aliphatic rings. The van der Waals surface area contributed by atoms with Crippen molar-refractivity contribution in [1.82, 2.24) is 25.8 Å². The third-order valence-electron chi connectivity index (χ3n) is 14.0. The number of nitrogens with zero attached hydrogens (tertiary/aromatic N) is 6. The molecular weight excluding hydrogens is 1170 g/mol. The molecule has 0 aromatic heterocycles. The quantitative estimate of drug-likeness (QED) is 0.168. The van der Waals surface area contributed by atoms with Crippen molar-refractivity contribution in [2.24, 2.45) is 0 Å². The second-order valence-corrected chi connectivity index (χ2v) is 32.1. The van der Waals surface area contributed by atoms with Crippen LogP contribution in [0.25, 0.3) is 0 Å². The number of aryl methyl sites for hydroxylation is 6. The number of benzene rings is 6. The van der Waals surface area contributed by atoms with E-state index in [0.29, 0.717) is 33.4 Å². The molecule has 1 heterocycles. The van der Waals surface area contributed by atoms with E-state index < -0.39 is 151 Å². The average molecular weight is 1240 g/mol. The summed E-state index contributed by atoms with van der Waals surface area (Å²) in [4.78, 5) is -1.48. The Hall–Kier alpha value is -5.30. The van der Waals surface area contributed by atoms with E-state index in [2.05, 4.69) is 0 Å². The summed E-state index contributed by atoms with van der Waals surface area (Å²) in [6.45, 7) is 1.58. The second-order valence-electron chi connectivity index (χ2n) is 20.4. The minimum Gasteiger partial charge on any atom is -0.390 e. The topological polar surface area (TPSA) is 265 Å². The smallest absolute Gasteiger partial charge is 0.243 e. The van der Waals surface area contributed by atoms with Gasteiger partial charge in [0.05, 0.1) is 41.6 Å². The van der Waals surface area contributed by atoms with E-state index in [4.69, 9.17) is 0 Å². The van der Waals surface area contributed by atoms with Crippen molar-refractivity contribution in [3.63, 3.8) is 0 Å². The lowest BCUT2D eigenvalue weighted by atomic mass is 10.2. The minimum atomic E-state index is -4.68. The van der Waals surface area contributed by atoms with Crippen LogP contribution >= 0.6 is 0 Å². The standard InChI is InChI=1S/C56H70N6O14S6/c1-43-7-19-51(20-8-43)77(65,66)57-31-35-59(79(69,70)53-23-11-45(3)12-24-53)39-49(63)41-61(81(73,74)55-27-15-47(5)16-28-55)37-33-58(78(67,68)52-21-9-44(2)10-22-52)34-38-62(82(75,76)56-29-17-48(6)18-30-56)42-50(64)40-60(36-32-57)80(71,72)54-25-13-46(4)14-26-54/h7-30,49-50,63-64H,31-42H2,1-6H3. The number of hydrogen-bond acceptors (Lipinski definition) is 14. The molecule has 0 spiro atoms. The minimum absolute atomic E-state index is 0.235. The molecule has 20 nitrogen and oxygen atoms in total. The van der Waals surface area contributed by atoms with Gasteiger partial charge in [-0.1, -0.05) is 106 Å². The van der Waals surface area contributed by atoms with Gasteiger partial charge in [0.25, 0.3) is 0 Å². The van der Waals surface area contributed by atoms with Crippen molar-refractivity contribution in [2.45, 2.75) is 83.1 Å². The third kappa shape index (κ3) is 15.3. The predicted molar refractivity (Wildman–Crippen MR) is 312 cm³/mol. The van der Waals surface area contributed by atoms with Gasteiger partial charge in [0, 0.05) is 78.5 Å². The molecule has 6 aromatic carbocycles. The summed E-state index contributed by atoms with van der Waals surface area (Å²) >= 11 is 0. The van der Waals surface area contributed by atoms with Crippen molar-refractivity contribution in [3.05, 3.63) is 179 Å². The highest BCUT2D eigenvalue weighted by Crippen LogP contribution is 2.26. The molecule has 0 radical (unpaired) electrons. The first-order valence-electron chi connectivity index (χ1n) is 26.2. The van der Waals surface area contributed by atoms with Crippen molar-refractivity contribution in [3.8, 4) is 0 Å². The molecule has 444 valence electrons. The Labute approximate surface area is 484 Å². The molecule has 1 fully saturated rings. The molecule has 0 bridgehead atoms. The number of sulfonamides is 6. The van der Waals surface area contributed by atoms with Gasteiger partial charge in [0.15, 0.2) is 0 Å². The van der Waals surface area contributed by atoms with Gasteiger partial charge in [-0.15, -0.1) is 0 Å². The number of rotatable bonds is 12. The first kappa shape index (κ1) is 64.3. The van der Waals surface area contributed by atoms with Gasteiger partial charge in [-0.2, -0.15) is 25.8 Å². The molecule has 0 atom stereocenters. The molecule has 2 N–H and O–H groups in total. The molecule has 1 saturated heterocycles. The summed E-state index contributed by atoms with van der Waals surface area (Å²) < 4.78 is 183. The summed E-state index contributed by atoms with van der Waals surface area (Å²) in [5, 5.41) is 24.3. The van der Waals surface area contributed by atoms with Crippen molar-refractivity contribution in [1.29, 1.82) is 0 Å². The van der Waals surface area contributed by atoms with Crippen LogP contribution in [0.4, 0.5) is 0 Å². The van der Waals surface area contributed by atoms with Crippen LogP contribution in [0.1, 0.15) is 33.4 Å². The van der Waals surface area contributed by atoms with Crippen LogP contribution in [0.3, 0.4) is 0 Å². The highest BCUT2D eigenvalue weighted by molar-refractivity contribution is 7.90. The fourth-order valence-electron chi connectivity index (χ4n) is 9.05. The van der Waals surface area contributed by atoms with Gasteiger partial charge in [0.1, 0.15) is 0 Å². The molecule has 7 rings (SSSR count). The van der Waals surface area contributed by atoms with E-state index in [1.54, 1.807) is 65.8 Å². The summed E-state index contributed by atoms with van der Waals surface area (Å²) in [5.41, 5.74) is 4.21. The summed E-state index contributed by atoms with van der Waals surface area (Å²) in [6.07, 6.45) is -3.77. The predicted octanol–water partition coefficient (Wildman–Crippen LogP) is 4.72. The maximum Gasteiger partial charge on any atom is 0.243 e. The molecule has 6 aromatic rings. The van der Waals surface area contributed by atoms with Gasteiger partial charge in [-0.25, -0.2) is 50.5 Å². The lowest BCUT2D eigenvalue weighted by Crippen LogP contribution is -2.51. The number of β-amino-alcohol motifs (C(OH)–C–C–N with tert-alkyl or cyclic N) is 2. The first-order valence-corrected chi connectivity index (χ1v) is 34.8. The Kier molecular flexibility index (Phi) is 20.6. The van der Waals surface area contributed by atoms with Crippen LogP contribution < -0.4 is 0 Å². The van der Waals surface area contributed by atoms with Crippen LogP contribution in [0.2, 0.25) is 0 Å². The van der Waals surface area contributed by atoms with E-state index in [9.17, 15) is 60.7 Å². The van der Waals surface area contributed by atoms with Gasteiger partial charge >= 0.3 is 0 Å². The summed E-state index contributed by atoms with van der Waals surface area (Å²) in [7, 11) is -28.0. The maximum atomic E-state index is 14.9. The van der Waals surface area contributed by atoms with Crippen LogP contribution in [-0.2, 0) is 60.1 Å². The Bertz CT molecular complexity index is 3430. The molecule has 1 aliphatic heterocycles. The number of aliphatic hydroxyl groups is 2. The van der Waals surface area contributed by atoms with E-state index in [1.807, 2.05) is 0 Å². The summed E-state index contributed by atoms with van der Waals surface area (Å²) in [5.74, 6) is 0. The zero-order valence-electron chi connectivity index (χ0n) is 46.4. The van der Waals surface area contributed by atoms with E-state index in [-0.39, 0.29) is 29.4 Å². The monoisotopic (exact) mass is 1240 g/mol. The van der Waals surface area contributed by atoms with Gasteiger partial charge < -0.3 is 10.2 Å². The normalized spacial score (nSPS) is 19.2. The lowest BCUT2D eigenvalue weighted by Gasteiger charge is -2.33. The lowest BCUT2D eigenvalue weighted by molar-refractivity contribution is 0.113. The highest BCUT2D eigenvalue weighted by atomic mass is 32.2. The Morgan fingerprint density at radius 2 is 0.366 bits per heavy atom. The Balaban J connectivity index is 1.41. The molecule has 82 heavy (non-hydrogen) atoms. The van der Waals surface area contributed by atoms with Crippen LogP contribution in [0.5, 0.6) is 0 Å². The van der Waals surface area contributed by atoms with Crippen LogP contribution in [-0.4, -0.2) is 177 Å². The van der Waals surface area contributed by atoms with Gasteiger partial charge in [-0.3, -0.25) is 0 Å². The van der Waals surface area contributed by atoms with Crippen molar-refractivity contribution < 1.29 is 60.7 Å². The zero-order valence-corrected chi connectivity index (χ0v) is 51.3. The molecule has 26 heteroatoms. The van der Waals surface area contributed by atoms with Crippen LogP contribution in [0.15, 0.2) is 175 Å². The molecule has 0 aliphatic carbocycles. The maximum absolute atomic E-state index is 14.9. The zero-order chi connectivity index (χ0) is 60.0.